The molecule has 1 aromatic carbocycles. The molecule has 1 heterocycles. The van der Waals surface area contributed by atoms with Gasteiger partial charge in [-0.3, -0.25) is 4.79 Å². The zero-order chi connectivity index (χ0) is 17.1. The van der Waals surface area contributed by atoms with E-state index in [1.54, 1.807) is 12.1 Å². The van der Waals surface area contributed by atoms with Crippen LogP contribution in [0.3, 0.4) is 0 Å². The highest BCUT2D eigenvalue weighted by Gasteiger charge is 2.30. The number of rotatable bonds is 5. The second-order valence-corrected chi connectivity index (χ2v) is 6.87. The smallest absolute Gasteiger partial charge is 0.330 e. The molecule has 1 aliphatic heterocycles. The van der Waals surface area contributed by atoms with Gasteiger partial charge in [-0.25, -0.2) is 4.79 Å². The maximum atomic E-state index is 12.5. The summed E-state index contributed by atoms with van der Waals surface area (Å²) in [5, 5.41) is 12.3. The number of ether oxygens (including phenoxy) is 1. The number of fused-ring (bicyclic) bond motifs is 1. The van der Waals surface area contributed by atoms with Crippen LogP contribution < -0.4 is 10.1 Å². The van der Waals surface area contributed by atoms with E-state index in [0.717, 1.165) is 49.8 Å². The number of carbonyl (C=O) groups is 2. The minimum atomic E-state index is -1.02. The Morgan fingerprint density at radius 1 is 1.29 bits per heavy atom. The lowest BCUT2D eigenvalue weighted by Crippen LogP contribution is -2.39. The van der Waals surface area contributed by atoms with Gasteiger partial charge in [0.1, 0.15) is 5.75 Å². The number of nitrogens with one attached hydrogen (secondary N) is 1. The summed E-state index contributed by atoms with van der Waals surface area (Å²) in [6.07, 6.45) is 5.77. The van der Waals surface area contributed by atoms with Gasteiger partial charge < -0.3 is 15.2 Å². The quantitative estimate of drug-likeness (QED) is 0.869. The molecule has 0 aromatic heterocycles. The first-order chi connectivity index (χ1) is 11.6. The van der Waals surface area contributed by atoms with Crippen molar-refractivity contribution in [1.82, 2.24) is 5.32 Å². The molecule has 5 nitrogen and oxygen atoms in total. The molecular weight excluding hydrogens is 306 g/mol. The van der Waals surface area contributed by atoms with Gasteiger partial charge in [0.25, 0.3) is 0 Å². The predicted molar refractivity (Wildman–Crippen MR) is 89.9 cm³/mol. The van der Waals surface area contributed by atoms with Crippen LogP contribution in [0, 0.1) is 11.8 Å². The third kappa shape index (κ3) is 3.55. The third-order valence-corrected chi connectivity index (χ3v) is 5.38. The molecular formula is C19H25NO4. The van der Waals surface area contributed by atoms with E-state index in [9.17, 15) is 14.7 Å². The SMILES string of the molecule is CCC1CCC(C(=O)NC(C(=O)O)c2ccc3c(c2)CCO3)CC1. The molecule has 1 atom stereocenters. The van der Waals surface area contributed by atoms with Crippen molar-refractivity contribution in [3.05, 3.63) is 29.3 Å². The Hall–Kier alpha value is -2.04. The molecule has 0 spiro atoms. The molecule has 0 bridgehead atoms. The number of carbonyl (C=O) groups excluding carboxylic acids is 1. The number of aliphatic carboxylic acids is 1. The third-order valence-electron chi connectivity index (χ3n) is 5.38. The van der Waals surface area contributed by atoms with Crippen molar-refractivity contribution in [3.8, 4) is 5.75 Å². The van der Waals surface area contributed by atoms with Gasteiger partial charge >= 0.3 is 5.97 Å². The van der Waals surface area contributed by atoms with Crippen molar-refractivity contribution in [2.45, 2.75) is 51.5 Å². The minimum absolute atomic E-state index is 0.0626. The predicted octanol–water partition coefficient (Wildman–Crippen LogP) is 3.08. The highest BCUT2D eigenvalue weighted by molar-refractivity contribution is 5.86. The van der Waals surface area contributed by atoms with Crippen LogP contribution in [-0.4, -0.2) is 23.6 Å². The highest BCUT2D eigenvalue weighted by Crippen LogP contribution is 2.32. The Kier molecular flexibility index (Phi) is 5.07. The van der Waals surface area contributed by atoms with E-state index in [1.807, 2.05) is 6.07 Å². The van der Waals surface area contributed by atoms with E-state index in [2.05, 4.69) is 12.2 Å². The van der Waals surface area contributed by atoms with Crippen molar-refractivity contribution >= 4 is 11.9 Å². The molecule has 1 saturated carbocycles. The van der Waals surface area contributed by atoms with Crippen LogP contribution in [0.4, 0.5) is 0 Å². The van der Waals surface area contributed by atoms with Crippen LogP contribution in [0.25, 0.3) is 0 Å². The molecule has 130 valence electrons. The molecule has 0 radical (unpaired) electrons. The van der Waals surface area contributed by atoms with Crippen LogP contribution in [0.2, 0.25) is 0 Å². The number of hydrogen-bond donors (Lipinski definition) is 2. The molecule has 5 heteroatoms. The topological polar surface area (TPSA) is 75.6 Å². The van der Waals surface area contributed by atoms with E-state index in [4.69, 9.17) is 4.74 Å². The van der Waals surface area contributed by atoms with E-state index in [1.165, 1.54) is 0 Å². The Balaban J connectivity index is 1.68. The van der Waals surface area contributed by atoms with Crippen molar-refractivity contribution in [2.24, 2.45) is 11.8 Å². The maximum Gasteiger partial charge on any atom is 0.330 e. The van der Waals surface area contributed by atoms with Crippen LogP contribution in [0.1, 0.15) is 56.2 Å². The molecule has 1 amide bonds. The lowest BCUT2D eigenvalue weighted by atomic mass is 9.80. The van der Waals surface area contributed by atoms with E-state index >= 15 is 0 Å². The first-order valence-corrected chi connectivity index (χ1v) is 8.87. The van der Waals surface area contributed by atoms with Crippen LogP contribution >= 0.6 is 0 Å². The van der Waals surface area contributed by atoms with Crippen molar-refractivity contribution in [3.63, 3.8) is 0 Å². The van der Waals surface area contributed by atoms with Gasteiger partial charge in [-0.05, 0) is 54.9 Å². The monoisotopic (exact) mass is 331 g/mol. The largest absolute Gasteiger partial charge is 0.493 e. The Morgan fingerprint density at radius 2 is 2.04 bits per heavy atom. The van der Waals surface area contributed by atoms with E-state index in [0.29, 0.717) is 18.1 Å². The van der Waals surface area contributed by atoms with Crippen LogP contribution in [0.5, 0.6) is 5.75 Å². The summed E-state index contributed by atoms with van der Waals surface area (Å²) in [6, 6.07) is 4.38. The second-order valence-electron chi connectivity index (χ2n) is 6.87. The fourth-order valence-electron chi connectivity index (χ4n) is 3.77. The molecule has 1 fully saturated rings. The molecule has 1 aromatic rings. The first kappa shape index (κ1) is 16.8. The Bertz CT molecular complexity index is 620. The molecule has 1 unspecified atom stereocenters. The minimum Gasteiger partial charge on any atom is -0.493 e. The summed E-state index contributed by atoms with van der Waals surface area (Å²) in [6.45, 7) is 2.81. The molecule has 1 aliphatic carbocycles. The maximum absolute atomic E-state index is 12.5. The summed E-state index contributed by atoms with van der Waals surface area (Å²) in [7, 11) is 0. The normalized spacial score (nSPS) is 23.9. The summed E-state index contributed by atoms with van der Waals surface area (Å²) in [4.78, 5) is 24.2. The van der Waals surface area contributed by atoms with E-state index < -0.39 is 12.0 Å². The number of carboxylic acid groups (broad SMARTS) is 1. The van der Waals surface area contributed by atoms with Gasteiger partial charge in [-0.1, -0.05) is 19.4 Å². The standard InChI is InChI=1S/C19H25NO4/c1-2-12-3-5-13(6-4-12)18(21)20-17(19(22)23)15-7-8-16-14(11-15)9-10-24-16/h7-8,11-13,17H,2-6,9-10H2,1H3,(H,20,21)(H,22,23). The van der Waals surface area contributed by atoms with Crippen LogP contribution in [0.15, 0.2) is 18.2 Å². The Labute approximate surface area is 142 Å². The molecule has 0 saturated heterocycles. The first-order valence-electron chi connectivity index (χ1n) is 8.87. The number of hydrogen-bond acceptors (Lipinski definition) is 3. The lowest BCUT2D eigenvalue weighted by molar-refractivity contribution is -0.143. The van der Waals surface area contributed by atoms with Crippen molar-refractivity contribution in [1.29, 1.82) is 0 Å². The number of carboxylic acids is 1. The number of benzene rings is 1. The fraction of sp³-hybridized carbons (Fsp3) is 0.579. The van der Waals surface area contributed by atoms with Gasteiger partial charge in [-0.2, -0.15) is 0 Å². The summed E-state index contributed by atoms with van der Waals surface area (Å²) in [5.41, 5.74) is 1.62. The molecule has 2 N–H and O–H groups in total. The highest BCUT2D eigenvalue weighted by atomic mass is 16.5. The summed E-state index contributed by atoms with van der Waals surface area (Å²) >= 11 is 0. The van der Waals surface area contributed by atoms with Gasteiger partial charge in [0.15, 0.2) is 6.04 Å². The van der Waals surface area contributed by atoms with Gasteiger partial charge in [-0.15, -0.1) is 0 Å². The van der Waals surface area contributed by atoms with Crippen LogP contribution in [-0.2, 0) is 16.0 Å². The van der Waals surface area contributed by atoms with E-state index in [-0.39, 0.29) is 11.8 Å². The zero-order valence-electron chi connectivity index (χ0n) is 14.1. The molecule has 2 aliphatic rings. The van der Waals surface area contributed by atoms with Gasteiger partial charge in [0.05, 0.1) is 6.61 Å². The number of amides is 1. The molecule has 3 rings (SSSR count). The second kappa shape index (κ2) is 7.24. The van der Waals surface area contributed by atoms with Gasteiger partial charge in [0, 0.05) is 12.3 Å². The van der Waals surface area contributed by atoms with Crippen molar-refractivity contribution < 1.29 is 19.4 Å². The fourth-order valence-corrected chi connectivity index (χ4v) is 3.77. The lowest BCUT2D eigenvalue weighted by Gasteiger charge is -2.28. The van der Waals surface area contributed by atoms with Gasteiger partial charge in [0.2, 0.25) is 5.91 Å². The summed E-state index contributed by atoms with van der Waals surface area (Å²) in [5.74, 6) is 0.304. The average Bonchev–Trinajstić information content (AvgIpc) is 3.06. The molecule has 24 heavy (non-hydrogen) atoms. The van der Waals surface area contributed by atoms with Crippen molar-refractivity contribution in [2.75, 3.05) is 6.61 Å². The average molecular weight is 331 g/mol. The summed E-state index contributed by atoms with van der Waals surface area (Å²) < 4.78 is 5.46. The zero-order valence-corrected chi connectivity index (χ0v) is 14.1. The Morgan fingerprint density at radius 3 is 2.71 bits per heavy atom.